The van der Waals surface area contributed by atoms with Crippen molar-refractivity contribution >= 4 is 40.9 Å². The molecule has 0 N–H and O–H groups in total. The summed E-state index contributed by atoms with van der Waals surface area (Å²) in [5.74, 6) is 1.33. The zero-order chi connectivity index (χ0) is 30.8. The first kappa shape index (κ1) is 31.9. The molecule has 43 heavy (non-hydrogen) atoms. The Morgan fingerprint density at radius 3 is 2.42 bits per heavy atom. The third-order valence-electron chi connectivity index (χ3n) is 8.59. The van der Waals surface area contributed by atoms with Crippen LogP contribution in [0.5, 0.6) is 5.75 Å². The van der Waals surface area contributed by atoms with Crippen LogP contribution in [0.1, 0.15) is 58.7 Å². The molecule has 1 aromatic carbocycles. The van der Waals surface area contributed by atoms with Gasteiger partial charge in [-0.15, -0.1) is 0 Å². The van der Waals surface area contributed by atoms with Crippen molar-refractivity contribution in [1.82, 2.24) is 15.0 Å². The van der Waals surface area contributed by atoms with Gasteiger partial charge in [0.25, 0.3) is 0 Å². The summed E-state index contributed by atoms with van der Waals surface area (Å²) in [6.45, 7) is 11.9. The fraction of sp³-hybridized carbons (Fsp3) is 0.613. The maximum absolute atomic E-state index is 12.9. The van der Waals surface area contributed by atoms with E-state index in [4.69, 9.17) is 28.4 Å². The summed E-state index contributed by atoms with van der Waals surface area (Å²) in [4.78, 5) is 28.6. The Kier molecular flexibility index (Phi) is 9.84. The minimum Gasteiger partial charge on any atom is -0.465 e. The van der Waals surface area contributed by atoms with Crippen molar-refractivity contribution in [2.75, 3.05) is 32.6 Å². The molecular formula is C31H44N4O6SSi. The molecule has 3 aromatic rings. The van der Waals surface area contributed by atoms with Crippen LogP contribution in [0.3, 0.4) is 0 Å². The van der Waals surface area contributed by atoms with Gasteiger partial charge in [0, 0.05) is 43.7 Å². The Morgan fingerprint density at radius 1 is 1.05 bits per heavy atom. The van der Waals surface area contributed by atoms with Gasteiger partial charge in [-0.3, -0.25) is 9.69 Å². The molecule has 1 amide bonds. The van der Waals surface area contributed by atoms with Gasteiger partial charge in [0.2, 0.25) is 5.91 Å². The fourth-order valence-electron chi connectivity index (χ4n) is 4.98. The number of methoxy groups -OCH3 is 2. The van der Waals surface area contributed by atoms with E-state index in [1.165, 1.54) is 11.3 Å². The number of ether oxygens (including phenoxy) is 4. The van der Waals surface area contributed by atoms with Crippen molar-refractivity contribution in [2.45, 2.75) is 89.8 Å². The number of aromatic nitrogens is 3. The van der Waals surface area contributed by atoms with E-state index in [-0.39, 0.29) is 42.6 Å². The predicted octanol–water partition coefficient (Wildman–Crippen LogP) is 6.54. The van der Waals surface area contributed by atoms with Crippen LogP contribution < -0.4 is 9.64 Å². The summed E-state index contributed by atoms with van der Waals surface area (Å²) < 4.78 is 30.5. The first-order valence-electron chi connectivity index (χ1n) is 15.0. The van der Waals surface area contributed by atoms with Crippen molar-refractivity contribution in [2.24, 2.45) is 5.92 Å². The lowest BCUT2D eigenvalue weighted by Crippen LogP contribution is -2.46. The van der Waals surface area contributed by atoms with Crippen LogP contribution in [-0.4, -0.2) is 69.1 Å². The Balaban J connectivity index is 1.33. The quantitative estimate of drug-likeness (QED) is 0.154. The third-order valence-corrected chi connectivity index (χ3v) is 14.2. The van der Waals surface area contributed by atoms with E-state index in [2.05, 4.69) is 43.8 Å². The monoisotopic (exact) mass is 628 g/mol. The molecule has 5 rings (SSSR count). The molecule has 0 saturated heterocycles. The van der Waals surface area contributed by atoms with Gasteiger partial charge in [0.15, 0.2) is 26.1 Å². The highest BCUT2D eigenvalue weighted by atomic mass is 32.1. The number of fused-ring (bicyclic) bond motifs is 1. The van der Waals surface area contributed by atoms with Gasteiger partial charge in [0.05, 0.1) is 22.4 Å². The van der Waals surface area contributed by atoms with Crippen molar-refractivity contribution < 1.29 is 28.2 Å². The number of benzene rings is 1. The number of anilines is 1. The Labute approximate surface area is 259 Å². The zero-order valence-electron chi connectivity index (χ0n) is 26.3. The zero-order valence-corrected chi connectivity index (χ0v) is 28.2. The molecule has 10 nitrogen and oxygen atoms in total. The average molecular weight is 629 g/mol. The summed E-state index contributed by atoms with van der Waals surface area (Å²) in [7, 11) is 1.28. The van der Waals surface area contributed by atoms with Crippen molar-refractivity contribution in [3.63, 3.8) is 0 Å². The van der Waals surface area contributed by atoms with Crippen LogP contribution in [0.2, 0.25) is 18.1 Å². The first-order chi connectivity index (χ1) is 20.5. The molecule has 2 aromatic heterocycles. The maximum atomic E-state index is 12.9. The van der Waals surface area contributed by atoms with Gasteiger partial charge in [-0.1, -0.05) is 32.1 Å². The highest BCUT2D eigenvalue weighted by molar-refractivity contribution is 7.22. The second-order valence-corrected chi connectivity index (χ2v) is 18.6. The molecular weight excluding hydrogens is 585 g/mol. The summed E-state index contributed by atoms with van der Waals surface area (Å²) in [5, 5.41) is 0.742. The molecule has 2 saturated carbocycles. The molecule has 2 atom stereocenters. The number of hydrogen-bond acceptors (Lipinski definition) is 10. The minimum absolute atomic E-state index is 0.0437. The second-order valence-electron chi connectivity index (χ2n) is 12.9. The van der Waals surface area contributed by atoms with Gasteiger partial charge in [-0.25, -0.2) is 15.0 Å². The predicted molar refractivity (Wildman–Crippen MR) is 170 cm³/mol. The van der Waals surface area contributed by atoms with Gasteiger partial charge >= 0.3 is 0 Å². The fourth-order valence-corrected chi connectivity index (χ4v) is 7.41. The summed E-state index contributed by atoms with van der Waals surface area (Å²) >= 11 is 1.40. The molecule has 2 aliphatic rings. The maximum Gasteiger partial charge on any atom is 0.233 e. The standard InChI is InChI=1S/C31H44N4O6SSi/c1-31(2,3)43(6,7)41-25-10-8-9-24(25)39-17-26-32-15-21(16-33-26)22-13-14-23-28(27(22)40-19-38-5)42-30(34-23)35(18-37-4)29(36)20-11-12-20/h13-16,20,24-25H,8-12,17-19H2,1-7H3/t24-,25-/m0/s1. The Hall–Kier alpha value is -2.48. The lowest BCUT2D eigenvalue weighted by molar-refractivity contribution is -0.120. The second kappa shape index (κ2) is 13.3. The lowest BCUT2D eigenvalue weighted by atomic mass is 10.1. The number of carbonyl (C=O) groups is 1. The van der Waals surface area contributed by atoms with E-state index in [0.717, 1.165) is 53.4 Å². The van der Waals surface area contributed by atoms with Crippen molar-refractivity contribution in [3.8, 4) is 16.9 Å². The van der Waals surface area contributed by atoms with E-state index < -0.39 is 8.32 Å². The topological polar surface area (TPSA) is 105 Å². The molecule has 2 fully saturated rings. The van der Waals surface area contributed by atoms with Gasteiger partial charge in [0.1, 0.15) is 19.1 Å². The van der Waals surface area contributed by atoms with Gasteiger partial charge < -0.3 is 23.4 Å². The van der Waals surface area contributed by atoms with Crippen molar-refractivity contribution in [1.29, 1.82) is 0 Å². The van der Waals surface area contributed by atoms with Crippen LogP contribution in [0.25, 0.3) is 21.3 Å². The normalized spacial score (nSPS) is 19.2. The number of rotatable bonds is 13. The summed E-state index contributed by atoms with van der Waals surface area (Å²) in [5.41, 5.74) is 2.35. The molecule has 12 heteroatoms. The minimum atomic E-state index is -1.88. The number of thiazole rings is 1. The van der Waals surface area contributed by atoms with Gasteiger partial charge in [-0.05, 0) is 62.4 Å². The smallest absolute Gasteiger partial charge is 0.233 e. The molecule has 0 radical (unpaired) electrons. The largest absolute Gasteiger partial charge is 0.465 e. The van der Waals surface area contributed by atoms with Gasteiger partial charge in [-0.2, -0.15) is 0 Å². The number of hydrogen-bond donors (Lipinski definition) is 0. The van der Waals surface area contributed by atoms with Crippen LogP contribution in [0.4, 0.5) is 5.13 Å². The van der Waals surface area contributed by atoms with Crippen molar-refractivity contribution in [3.05, 3.63) is 30.4 Å². The van der Waals surface area contributed by atoms with E-state index >= 15 is 0 Å². The summed E-state index contributed by atoms with van der Waals surface area (Å²) in [6, 6.07) is 3.87. The molecule has 0 unspecified atom stereocenters. The molecule has 2 aliphatic carbocycles. The molecule has 0 aliphatic heterocycles. The summed E-state index contributed by atoms with van der Waals surface area (Å²) in [6.07, 6.45) is 8.69. The van der Waals surface area contributed by atoms with Crippen LogP contribution in [0, 0.1) is 5.92 Å². The number of amides is 1. The number of nitrogens with zero attached hydrogens (tertiary/aromatic N) is 4. The van der Waals surface area contributed by atoms with E-state index in [0.29, 0.717) is 23.3 Å². The Morgan fingerprint density at radius 2 is 1.77 bits per heavy atom. The van der Waals surface area contributed by atoms with E-state index in [9.17, 15) is 4.79 Å². The van der Waals surface area contributed by atoms with Crippen LogP contribution in [0.15, 0.2) is 24.5 Å². The van der Waals surface area contributed by atoms with E-state index in [1.807, 2.05) is 12.1 Å². The molecule has 0 bridgehead atoms. The third kappa shape index (κ3) is 7.26. The average Bonchev–Trinajstić information content (AvgIpc) is 3.59. The lowest BCUT2D eigenvalue weighted by Gasteiger charge is -2.39. The Bertz CT molecular complexity index is 1410. The van der Waals surface area contributed by atoms with Crippen LogP contribution >= 0.6 is 11.3 Å². The molecule has 234 valence electrons. The SMILES string of the molecule is COCOc1c(-c2cnc(CO[C@H]3CCC[C@@H]3O[Si](C)(C)C(C)(C)C)nc2)ccc2nc(N(COC)C(=O)C3CC3)sc12. The van der Waals surface area contributed by atoms with E-state index in [1.54, 1.807) is 31.5 Å². The number of carbonyl (C=O) groups excluding carboxylic acids is 1. The molecule has 0 spiro atoms. The highest BCUT2D eigenvalue weighted by Gasteiger charge is 2.42. The first-order valence-corrected chi connectivity index (χ1v) is 18.7. The highest BCUT2D eigenvalue weighted by Crippen LogP contribution is 2.43. The molecule has 2 heterocycles. The van der Waals surface area contributed by atoms with Crippen LogP contribution in [-0.2, 0) is 30.0 Å².